The van der Waals surface area contributed by atoms with Crippen LogP contribution in [0.1, 0.15) is 37.8 Å². The number of amides is 2. The van der Waals surface area contributed by atoms with Crippen LogP contribution in [-0.4, -0.2) is 54.8 Å². The number of ether oxygens (including phenoxy) is 2. The summed E-state index contributed by atoms with van der Waals surface area (Å²) in [6, 6.07) is 21.6. The van der Waals surface area contributed by atoms with Gasteiger partial charge in [0.2, 0.25) is 0 Å². The Morgan fingerprint density at radius 1 is 1.14 bits per heavy atom. The molecule has 192 valence electrons. The van der Waals surface area contributed by atoms with Gasteiger partial charge in [0.15, 0.2) is 6.10 Å². The summed E-state index contributed by atoms with van der Waals surface area (Å²) in [7, 11) is 1.61. The minimum Gasteiger partial charge on any atom is -0.436 e. The summed E-state index contributed by atoms with van der Waals surface area (Å²) in [5.41, 5.74) is 0.963. The predicted molar refractivity (Wildman–Crippen MR) is 137 cm³/mol. The molecule has 2 aromatic rings. The highest BCUT2D eigenvalue weighted by Crippen LogP contribution is 2.27. The van der Waals surface area contributed by atoms with E-state index in [1.165, 1.54) is 4.90 Å². The monoisotopic (exact) mass is 492 g/mol. The number of nitriles is 1. The quantitative estimate of drug-likeness (QED) is 0.497. The van der Waals surface area contributed by atoms with E-state index >= 15 is 0 Å². The van der Waals surface area contributed by atoms with Gasteiger partial charge in [-0.2, -0.15) is 5.26 Å². The van der Waals surface area contributed by atoms with Crippen LogP contribution in [-0.2, 0) is 27.4 Å². The minimum atomic E-state index is -1.04. The predicted octanol–water partition coefficient (Wildman–Crippen LogP) is 3.63. The molecule has 1 aliphatic heterocycles. The Balaban J connectivity index is 1.57. The molecule has 2 N–H and O–H groups in total. The third kappa shape index (κ3) is 7.54. The molecule has 0 spiro atoms. The summed E-state index contributed by atoms with van der Waals surface area (Å²) < 4.78 is 11.4. The maximum atomic E-state index is 13.5. The van der Waals surface area contributed by atoms with Crippen molar-refractivity contribution in [2.24, 2.45) is 5.92 Å². The SMILES string of the molecule is CC(C)CC(OC(=O)NCc1ccccc1)C(=O)N(C)C1(C#N)CNC(COCc2ccccc2)C1. The maximum absolute atomic E-state index is 13.5. The molecule has 36 heavy (non-hydrogen) atoms. The third-order valence-corrected chi connectivity index (χ3v) is 6.37. The number of likely N-dealkylation sites (N-methyl/N-ethyl adjacent to an activating group) is 1. The Morgan fingerprint density at radius 3 is 2.39 bits per heavy atom. The zero-order valence-corrected chi connectivity index (χ0v) is 21.3. The van der Waals surface area contributed by atoms with Crippen molar-refractivity contribution in [2.75, 3.05) is 20.2 Å². The molecule has 0 aliphatic carbocycles. The average molecular weight is 493 g/mol. The van der Waals surface area contributed by atoms with Crippen LogP contribution in [0.2, 0.25) is 0 Å². The van der Waals surface area contributed by atoms with Gasteiger partial charge < -0.3 is 25.0 Å². The molecule has 3 unspecified atom stereocenters. The van der Waals surface area contributed by atoms with E-state index in [1.54, 1.807) is 7.05 Å². The lowest BCUT2D eigenvalue weighted by Gasteiger charge is -2.34. The Labute approximate surface area is 213 Å². The van der Waals surface area contributed by atoms with E-state index in [0.29, 0.717) is 39.1 Å². The minimum absolute atomic E-state index is 0.0674. The van der Waals surface area contributed by atoms with Crippen LogP contribution in [0.3, 0.4) is 0 Å². The lowest BCUT2D eigenvalue weighted by Crippen LogP contribution is -2.54. The highest BCUT2D eigenvalue weighted by atomic mass is 16.6. The third-order valence-electron chi connectivity index (χ3n) is 6.37. The van der Waals surface area contributed by atoms with Gasteiger partial charge in [-0.25, -0.2) is 4.79 Å². The number of hydrogen-bond donors (Lipinski definition) is 2. The first kappa shape index (κ1) is 27.2. The second kappa shape index (κ2) is 13.1. The molecular weight excluding hydrogens is 456 g/mol. The van der Waals surface area contributed by atoms with E-state index in [9.17, 15) is 14.9 Å². The fourth-order valence-corrected chi connectivity index (χ4v) is 4.29. The van der Waals surface area contributed by atoms with E-state index in [4.69, 9.17) is 9.47 Å². The molecule has 3 atom stereocenters. The van der Waals surface area contributed by atoms with Gasteiger partial charge >= 0.3 is 6.09 Å². The Morgan fingerprint density at radius 2 is 1.78 bits per heavy atom. The fourth-order valence-electron chi connectivity index (χ4n) is 4.29. The summed E-state index contributed by atoms with van der Waals surface area (Å²) >= 11 is 0. The van der Waals surface area contributed by atoms with Crippen molar-refractivity contribution in [1.29, 1.82) is 5.26 Å². The highest BCUT2D eigenvalue weighted by molar-refractivity contribution is 5.84. The number of nitrogens with one attached hydrogen (secondary N) is 2. The zero-order valence-electron chi connectivity index (χ0n) is 21.3. The molecule has 1 heterocycles. The second-order valence-corrected chi connectivity index (χ2v) is 9.69. The average Bonchev–Trinajstić information content (AvgIpc) is 3.32. The second-order valence-electron chi connectivity index (χ2n) is 9.69. The van der Waals surface area contributed by atoms with E-state index in [2.05, 4.69) is 16.7 Å². The molecule has 1 aliphatic rings. The Hall–Kier alpha value is -3.41. The van der Waals surface area contributed by atoms with Crippen LogP contribution in [0.25, 0.3) is 0 Å². The van der Waals surface area contributed by atoms with E-state index in [-0.39, 0.29) is 17.9 Å². The number of nitrogens with zero attached hydrogens (tertiary/aromatic N) is 2. The van der Waals surface area contributed by atoms with Crippen molar-refractivity contribution in [3.05, 3.63) is 71.8 Å². The van der Waals surface area contributed by atoms with Gasteiger partial charge in [-0.15, -0.1) is 0 Å². The van der Waals surface area contributed by atoms with Crippen molar-refractivity contribution in [3.63, 3.8) is 0 Å². The smallest absolute Gasteiger partial charge is 0.408 e. The number of alkyl carbamates (subject to hydrolysis) is 1. The van der Waals surface area contributed by atoms with E-state index in [0.717, 1.165) is 11.1 Å². The molecular formula is C28H36N4O4. The van der Waals surface area contributed by atoms with Crippen LogP contribution < -0.4 is 10.6 Å². The number of carbonyl (C=O) groups excluding carboxylic acids is 2. The first-order valence-electron chi connectivity index (χ1n) is 12.4. The van der Waals surface area contributed by atoms with Gasteiger partial charge in [0.25, 0.3) is 5.91 Å². The number of benzene rings is 2. The van der Waals surface area contributed by atoms with Crippen molar-refractivity contribution < 1.29 is 19.1 Å². The zero-order chi connectivity index (χ0) is 26.0. The fraction of sp³-hybridized carbons (Fsp3) is 0.464. The topological polar surface area (TPSA) is 104 Å². The first-order chi connectivity index (χ1) is 17.3. The maximum Gasteiger partial charge on any atom is 0.408 e. The molecule has 1 fully saturated rings. The lowest BCUT2D eigenvalue weighted by atomic mass is 9.94. The largest absolute Gasteiger partial charge is 0.436 e. The van der Waals surface area contributed by atoms with Gasteiger partial charge in [0.05, 0.1) is 19.3 Å². The standard InChI is InChI=1S/C28H36N4O4/c1-21(2)14-25(36-27(34)30-16-22-10-6-4-7-11-22)26(33)32(3)28(19-29)15-24(31-20-28)18-35-17-23-12-8-5-9-13-23/h4-13,21,24-25,31H,14-18,20H2,1-3H3,(H,30,34). The van der Waals surface area contributed by atoms with Crippen LogP contribution in [0.15, 0.2) is 60.7 Å². The Bertz CT molecular complexity index is 1020. The normalized spacial score (nSPS) is 19.9. The number of carbonyl (C=O) groups is 2. The summed E-state index contributed by atoms with van der Waals surface area (Å²) in [6.07, 6.45) is -0.853. The van der Waals surface area contributed by atoms with Crippen molar-refractivity contribution in [3.8, 4) is 6.07 Å². The molecule has 2 aromatic carbocycles. The highest BCUT2D eigenvalue weighted by Gasteiger charge is 2.46. The lowest BCUT2D eigenvalue weighted by molar-refractivity contribution is -0.143. The molecule has 8 nitrogen and oxygen atoms in total. The van der Waals surface area contributed by atoms with E-state index in [1.807, 2.05) is 74.5 Å². The summed E-state index contributed by atoms with van der Waals surface area (Å²) in [6.45, 7) is 5.45. The van der Waals surface area contributed by atoms with Gasteiger partial charge in [0, 0.05) is 32.6 Å². The molecule has 1 saturated heterocycles. The van der Waals surface area contributed by atoms with E-state index < -0.39 is 17.7 Å². The number of hydrogen-bond acceptors (Lipinski definition) is 6. The molecule has 0 bridgehead atoms. The summed E-state index contributed by atoms with van der Waals surface area (Å²) in [4.78, 5) is 27.4. The summed E-state index contributed by atoms with van der Waals surface area (Å²) in [5, 5.41) is 16.1. The van der Waals surface area contributed by atoms with Crippen molar-refractivity contribution in [1.82, 2.24) is 15.5 Å². The van der Waals surface area contributed by atoms with Crippen molar-refractivity contribution >= 4 is 12.0 Å². The summed E-state index contributed by atoms with van der Waals surface area (Å²) in [5.74, 6) is -0.263. The number of rotatable bonds is 11. The van der Waals surface area contributed by atoms with Crippen LogP contribution in [0.4, 0.5) is 4.79 Å². The van der Waals surface area contributed by atoms with Gasteiger partial charge in [-0.3, -0.25) is 4.79 Å². The van der Waals surface area contributed by atoms with Gasteiger partial charge in [-0.1, -0.05) is 74.5 Å². The Kier molecular flexibility index (Phi) is 9.86. The first-order valence-corrected chi connectivity index (χ1v) is 12.4. The van der Waals surface area contributed by atoms with Crippen LogP contribution >= 0.6 is 0 Å². The molecule has 0 aromatic heterocycles. The molecule has 0 saturated carbocycles. The molecule has 8 heteroatoms. The van der Waals surface area contributed by atoms with Crippen LogP contribution in [0, 0.1) is 17.2 Å². The van der Waals surface area contributed by atoms with Crippen LogP contribution in [0.5, 0.6) is 0 Å². The molecule has 2 amide bonds. The van der Waals surface area contributed by atoms with Gasteiger partial charge in [0.1, 0.15) is 5.54 Å². The van der Waals surface area contributed by atoms with Crippen molar-refractivity contribution in [2.45, 2.75) is 57.5 Å². The van der Waals surface area contributed by atoms with Gasteiger partial charge in [-0.05, 0) is 23.5 Å². The molecule has 3 rings (SSSR count). The molecule has 0 radical (unpaired) electrons.